The standard InChI is InChI=1S/C21H17ClN2OS/c1-14-21(26-17-6-4-3-5-7-17)18-10-8-15(22)12-19(18)24(14)16-9-11-20(25-2)23-13-16/h3-13H,1-2H3. The van der Waals surface area contributed by atoms with Crippen LogP contribution in [0.3, 0.4) is 0 Å². The largest absolute Gasteiger partial charge is 0.481 e. The SMILES string of the molecule is COc1ccc(-n2c(C)c(Sc3ccccc3)c3ccc(Cl)cc32)cn1. The average molecular weight is 381 g/mol. The molecule has 0 saturated carbocycles. The topological polar surface area (TPSA) is 27.1 Å². The summed E-state index contributed by atoms with van der Waals surface area (Å²) >= 11 is 8.06. The van der Waals surface area contributed by atoms with E-state index < -0.39 is 0 Å². The van der Waals surface area contributed by atoms with Gasteiger partial charge in [0.2, 0.25) is 5.88 Å². The summed E-state index contributed by atoms with van der Waals surface area (Å²) in [7, 11) is 1.62. The summed E-state index contributed by atoms with van der Waals surface area (Å²) in [6.07, 6.45) is 1.82. The number of hydrogen-bond acceptors (Lipinski definition) is 3. The van der Waals surface area contributed by atoms with Crippen LogP contribution >= 0.6 is 23.4 Å². The van der Waals surface area contributed by atoms with Gasteiger partial charge in [-0.05, 0) is 37.3 Å². The summed E-state index contributed by atoms with van der Waals surface area (Å²) in [4.78, 5) is 6.78. The molecule has 0 atom stereocenters. The number of halogens is 1. The molecule has 4 rings (SSSR count). The highest BCUT2D eigenvalue weighted by atomic mass is 35.5. The van der Waals surface area contributed by atoms with E-state index in [1.807, 2.05) is 36.5 Å². The second-order valence-electron chi connectivity index (χ2n) is 5.89. The van der Waals surface area contributed by atoms with E-state index in [4.69, 9.17) is 16.3 Å². The lowest BCUT2D eigenvalue weighted by Crippen LogP contribution is -1.98. The Balaban J connectivity index is 1.91. The Morgan fingerprint density at radius 3 is 2.54 bits per heavy atom. The lowest BCUT2D eigenvalue weighted by Gasteiger charge is -2.09. The van der Waals surface area contributed by atoms with Crippen molar-refractivity contribution < 1.29 is 4.74 Å². The monoisotopic (exact) mass is 380 g/mol. The van der Waals surface area contributed by atoms with Gasteiger partial charge < -0.3 is 9.30 Å². The van der Waals surface area contributed by atoms with Gasteiger partial charge in [-0.2, -0.15) is 0 Å². The van der Waals surface area contributed by atoms with Gasteiger partial charge in [0, 0.05) is 32.0 Å². The number of nitrogens with zero attached hydrogens (tertiary/aromatic N) is 2. The molecule has 3 nitrogen and oxygen atoms in total. The predicted octanol–water partition coefficient (Wildman–Crippen LogP) is 6.15. The van der Waals surface area contributed by atoms with E-state index in [0.29, 0.717) is 10.9 Å². The molecule has 0 saturated heterocycles. The summed E-state index contributed by atoms with van der Waals surface area (Å²) < 4.78 is 7.37. The van der Waals surface area contributed by atoms with E-state index in [9.17, 15) is 0 Å². The van der Waals surface area contributed by atoms with Crippen molar-refractivity contribution in [2.24, 2.45) is 0 Å². The Morgan fingerprint density at radius 2 is 1.85 bits per heavy atom. The number of benzene rings is 2. The molecule has 26 heavy (non-hydrogen) atoms. The maximum Gasteiger partial charge on any atom is 0.213 e. The number of fused-ring (bicyclic) bond motifs is 1. The Morgan fingerprint density at radius 1 is 1.04 bits per heavy atom. The zero-order chi connectivity index (χ0) is 18.1. The molecule has 130 valence electrons. The fourth-order valence-corrected chi connectivity index (χ4v) is 4.27. The van der Waals surface area contributed by atoms with Crippen LogP contribution in [0.4, 0.5) is 0 Å². The summed E-state index contributed by atoms with van der Waals surface area (Å²) in [5.41, 5.74) is 3.21. The van der Waals surface area contributed by atoms with Crippen LogP contribution in [0.2, 0.25) is 5.02 Å². The van der Waals surface area contributed by atoms with Crippen molar-refractivity contribution in [3.05, 3.63) is 77.6 Å². The molecule has 4 aromatic rings. The van der Waals surface area contributed by atoms with E-state index in [0.717, 1.165) is 16.9 Å². The van der Waals surface area contributed by atoms with Gasteiger partial charge in [-0.3, -0.25) is 0 Å². The van der Waals surface area contributed by atoms with Crippen molar-refractivity contribution in [3.8, 4) is 11.6 Å². The second kappa shape index (κ2) is 7.06. The third-order valence-electron chi connectivity index (χ3n) is 4.26. The maximum absolute atomic E-state index is 6.29. The minimum atomic E-state index is 0.597. The maximum atomic E-state index is 6.29. The van der Waals surface area contributed by atoms with Crippen LogP contribution in [0.15, 0.2) is 76.7 Å². The first kappa shape index (κ1) is 17.0. The van der Waals surface area contributed by atoms with E-state index in [1.54, 1.807) is 18.9 Å². The molecule has 2 aromatic carbocycles. The number of hydrogen-bond donors (Lipinski definition) is 0. The number of rotatable bonds is 4. The first-order valence-corrected chi connectivity index (χ1v) is 9.40. The van der Waals surface area contributed by atoms with Crippen LogP contribution in [-0.2, 0) is 0 Å². The Labute approximate surface area is 161 Å². The summed E-state index contributed by atoms with van der Waals surface area (Å²) in [5, 5.41) is 1.89. The Kier molecular flexibility index (Phi) is 4.62. The van der Waals surface area contributed by atoms with Crippen LogP contribution in [0.5, 0.6) is 5.88 Å². The Bertz CT molecular complexity index is 1060. The summed E-state index contributed by atoms with van der Waals surface area (Å²) in [6.45, 7) is 2.13. The fourth-order valence-electron chi connectivity index (χ4n) is 3.05. The van der Waals surface area contributed by atoms with Crippen LogP contribution in [0.25, 0.3) is 16.6 Å². The van der Waals surface area contributed by atoms with Crippen molar-refractivity contribution >= 4 is 34.3 Å². The molecule has 0 amide bonds. The third-order valence-corrected chi connectivity index (χ3v) is 5.72. The highest BCUT2D eigenvalue weighted by Gasteiger charge is 2.17. The molecular weight excluding hydrogens is 364 g/mol. The van der Waals surface area contributed by atoms with Crippen molar-refractivity contribution in [2.75, 3.05) is 7.11 Å². The van der Waals surface area contributed by atoms with Gasteiger partial charge in [-0.1, -0.05) is 47.6 Å². The van der Waals surface area contributed by atoms with Gasteiger partial charge in [-0.15, -0.1) is 0 Å². The van der Waals surface area contributed by atoms with Gasteiger partial charge >= 0.3 is 0 Å². The van der Waals surface area contributed by atoms with E-state index in [2.05, 4.69) is 46.8 Å². The highest BCUT2D eigenvalue weighted by Crippen LogP contribution is 2.40. The number of methoxy groups -OCH3 is 1. The average Bonchev–Trinajstić information content (AvgIpc) is 2.94. The molecule has 0 unspecified atom stereocenters. The molecular formula is C21H17ClN2OS. The van der Waals surface area contributed by atoms with Crippen LogP contribution < -0.4 is 4.74 Å². The zero-order valence-corrected chi connectivity index (χ0v) is 16.0. The van der Waals surface area contributed by atoms with Crippen molar-refractivity contribution in [1.82, 2.24) is 9.55 Å². The van der Waals surface area contributed by atoms with Gasteiger partial charge in [0.15, 0.2) is 0 Å². The zero-order valence-electron chi connectivity index (χ0n) is 14.4. The molecule has 2 aromatic heterocycles. The number of pyridine rings is 1. The quantitative estimate of drug-likeness (QED) is 0.425. The lowest BCUT2D eigenvalue weighted by atomic mass is 10.2. The molecule has 0 radical (unpaired) electrons. The minimum Gasteiger partial charge on any atom is -0.481 e. The molecule has 5 heteroatoms. The molecule has 2 heterocycles. The second-order valence-corrected chi connectivity index (χ2v) is 7.41. The van der Waals surface area contributed by atoms with E-state index in [1.165, 1.54) is 15.2 Å². The van der Waals surface area contributed by atoms with Crippen molar-refractivity contribution in [3.63, 3.8) is 0 Å². The van der Waals surface area contributed by atoms with E-state index in [-0.39, 0.29) is 0 Å². The molecule has 0 fully saturated rings. The minimum absolute atomic E-state index is 0.597. The first-order chi connectivity index (χ1) is 12.7. The van der Waals surface area contributed by atoms with Gasteiger partial charge in [-0.25, -0.2) is 4.98 Å². The molecule has 0 aliphatic carbocycles. The summed E-state index contributed by atoms with van der Waals surface area (Å²) in [6, 6.07) is 20.3. The first-order valence-electron chi connectivity index (χ1n) is 8.21. The molecule has 0 spiro atoms. The van der Waals surface area contributed by atoms with E-state index >= 15 is 0 Å². The normalized spacial score (nSPS) is 11.0. The molecule has 0 bridgehead atoms. The smallest absolute Gasteiger partial charge is 0.213 e. The molecule has 0 aliphatic heterocycles. The molecule has 0 N–H and O–H groups in total. The third kappa shape index (κ3) is 3.06. The van der Waals surface area contributed by atoms with Crippen LogP contribution in [-0.4, -0.2) is 16.7 Å². The fraction of sp³-hybridized carbons (Fsp3) is 0.0952. The number of aromatic nitrogens is 2. The van der Waals surface area contributed by atoms with Crippen LogP contribution in [0, 0.1) is 6.92 Å². The van der Waals surface area contributed by atoms with Gasteiger partial charge in [0.1, 0.15) is 0 Å². The van der Waals surface area contributed by atoms with Gasteiger partial charge in [0.05, 0.1) is 24.5 Å². The predicted molar refractivity (Wildman–Crippen MR) is 108 cm³/mol. The molecule has 0 aliphatic rings. The Hall–Kier alpha value is -2.43. The van der Waals surface area contributed by atoms with Gasteiger partial charge in [0.25, 0.3) is 0 Å². The van der Waals surface area contributed by atoms with Crippen LogP contribution in [0.1, 0.15) is 5.69 Å². The van der Waals surface area contributed by atoms with Crippen molar-refractivity contribution in [1.29, 1.82) is 0 Å². The summed E-state index contributed by atoms with van der Waals surface area (Å²) in [5.74, 6) is 0.597. The highest BCUT2D eigenvalue weighted by molar-refractivity contribution is 7.99. The lowest BCUT2D eigenvalue weighted by molar-refractivity contribution is 0.398. The number of ether oxygens (including phenoxy) is 1. The van der Waals surface area contributed by atoms with Crippen molar-refractivity contribution in [2.45, 2.75) is 16.7 Å².